The van der Waals surface area contributed by atoms with Gasteiger partial charge in [-0.3, -0.25) is 4.79 Å². The molecular weight excluding hydrogens is 324 g/mol. The summed E-state index contributed by atoms with van der Waals surface area (Å²) >= 11 is 0. The van der Waals surface area contributed by atoms with Crippen LogP contribution in [0.3, 0.4) is 0 Å². The van der Waals surface area contributed by atoms with Crippen molar-refractivity contribution in [1.82, 2.24) is 0 Å². The first-order valence-corrected chi connectivity index (χ1v) is 10.7. The Balaban J connectivity index is 2.14. The molecular formula is C23H36O3. The maximum atomic E-state index is 12.1. The number of hydrogen-bond donors (Lipinski definition) is 0. The minimum absolute atomic E-state index is 0.0785. The molecule has 0 aliphatic carbocycles. The molecule has 2 aliphatic heterocycles. The fourth-order valence-corrected chi connectivity index (χ4v) is 3.51. The molecule has 0 N–H and O–H groups in total. The molecule has 146 valence electrons. The van der Waals surface area contributed by atoms with Crippen molar-refractivity contribution in [2.75, 3.05) is 0 Å². The van der Waals surface area contributed by atoms with Crippen molar-refractivity contribution in [3.05, 3.63) is 36.1 Å². The fourth-order valence-electron chi connectivity index (χ4n) is 3.51. The Labute approximate surface area is 159 Å². The molecule has 3 heteroatoms. The van der Waals surface area contributed by atoms with Crippen molar-refractivity contribution in [2.45, 2.75) is 103 Å². The third-order valence-electron chi connectivity index (χ3n) is 5.08. The van der Waals surface area contributed by atoms with Gasteiger partial charge < -0.3 is 9.47 Å². The fraction of sp³-hybridized carbons (Fsp3) is 0.696. The van der Waals surface area contributed by atoms with Crippen molar-refractivity contribution in [3.8, 4) is 0 Å². The van der Waals surface area contributed by atoms with Crippen LogP contribution in [-0.2, 0) is 14.3 Å². The van der Waals surface area contributed by atoms with Crippen molar-refractivity contribution in [2.24, 2.45) is 0 Å². The van der Waals surface area contributed by atoms with E-state index in [0.29, 0.717) is 18.9 Å². The lowest BCUT2D eigenvalue weighted by Crippen LogP contribution is -2.17. The van der Waals surface area contributed by atoms with Gasteiger partial charge in [0.2, 0.25) is 0 Å². The Morgan fingerprint density at radius 1 is 1.04 bits per heavy atom. The minimum atomic E-state index is -0.194. The Morgan fingerprint density at radius 3 is 2.73 bits per heavy atom. The van der Waals surface area contributed by atoms with Crippen LogP contribution in [0.15, 0.2) is 36.1 Å². The number of hydrogen-bond acceptors (Lipinski definition) is 3. The van der Waals surface area contributed by atoms with Crippen LogP contribution in [0.2, 0.25) is 0 Å². The van der Waals surface area contributed by atoms with Gasteiger partial charge in [-0.25, -0.2) is 0 Å². The average molecular weight is 361 g/mol. The molecule has 0 saturated carbocycles. The van der Waals surface area contributed by atoms with E-state index in [-0.39, 0.29) is 12.1 Å². The van der Waals surface area contributed by atoms with E-state index in [1.807, 2.05) is 12.2 Å². The third-order valence-corrected chi connectivity index (χ3v) is 5.08. The first kappa shape index (κ1) is 20.8. The molecule has 0 amide bonds. The minimum Gasteiger partial charge on any atom is -0.495 e. The van der Waals surface area contributed by atoms with Gasteiger partial charge in [0.05, 0.1) is 11.9 Å². The average Bonchev–Trinajstić information content (AvgIpc) is 2.64. The molecule has 0 aromatic carbocycles. The molecule has 2 heterocycles. The van der Waals surface area contributed by atoms with E-state index in [4.69, 9.17) is 9.47 Å². The van der Waals surface area contributed by atoms with E-state index in [2.05, 4.69) is 25.2 Å². The van der Waals surface area contributed by atoms with Crippen molar-refractivity contribution < 1.29 is 14.3 Å². The number of carbonyl (C=O) groups excluding carboxylic acids is 1. The highest BCUT2D eigenvalue weighted by Crippen LogP contribution is 2.22. The maximum Gasteiger partial charge on any atom is 0.306 e. The normalized spacial score (nSPS) is 26.2. The summed E-state index contributed by atoms with van der Waals surface area (Å²) < 4.78 is 12.1. The molecule has 2 atom stereocenters. The zero-order valence-electron chi connectivity index (χ0n) is 16.5. The first-order valence-electron chi connectivity index (χ1n) is 10.7. The standard InChI is InChI=1S/C23H36O3/c1-2-3-13-20-14-9-5-4-6-10-16-22-19-18-21(25-20)15-11-7-8-12-17-23(24)26-22/h4,6,10,16,18,20,22H,2-3,5,7-9,11-15,17,19H2,1H3. The van der Waals surface area contributed by atoms with Gasteiger partial charge in [-0.1, -0.05) is 50.8 Å². The smallest absolute Gasteiger partial charge is 0.306 e. The summed E-state index contributed by atoms with van der Waals surface area (Å²) in [5.41, 5.74) is 0. The second-order valence-electron chi connectivity index (χ2n) is 7.47. The number of esters is 1. The lowest BCUT2D eigenvalue weighted by Gasteiger charge is -2.22. The molecule has 2 bridgehead atoms. The van der Waals surface area contributed by atoms with Crippen molar-refractivity contribution in [1.29, 1.82) is 0 Å². The van der Waals surface area contributed by atoms with Crippen LogP contribution in [0.5, 0.6) is 0 Å². The molecule has 2 rings (SSSR count). The summed E-state index contributed by atoms with van der Waals surface area (Å²) in [5.74, 6) is 1.03. The van der Waals surface area contributed by atoms with Crippen LogP contribution in [0, 0.1) is 0 Å². The number of unbranched alkanes of at least 4 members (excludes halogenated alkanes) is 1. The summed E-state index contributed by atoms with van der Waals surface area (Å²) in [7, 11) is 0. The number of allylic oxidation sites excluding steroid dienone is 4. The van der Waals surface area contributed by atoms with E-state index in [9.17, 15) is 4.79 Å². The van der Waals surface area contributed by atoms with Gasteiger partial charge in [0.25, 0.3) is 0 Å². The molecule has 26 heavy (non-hydrogen) atoms. The van der Waals surface area contributed by atoms with E-state index < -0.39 is 0 Å². The largest absolute Gasteiger partial charge is 0.495 e. The van der Waals surface area contributed by atoms with Gasteiger partial charge in [0.15, 0.2) is 0 Å². The zero-order valence-corrected chi connectivity index (χ0v) is 16.5. The number of ether oxygens (including phenoxy) is 2. The van der Waals surface area contributed by atoms with Crippen LogP contribution in [0.25, 0.3) is 0 Å². The third kappa shape index (κ3) is 8.73. The van der Waals surface area contributed by atoms with Crippen molar-refractivity contribution in [3.63, 3.8) is 0 Å². The van der Waals surface area contributed by atoms with Crippen LogP contribution in [0.4, 0.5) is 0 Å². The van der Waals surface area contributed by atoms with Gasteiger partial charge in [-0.2, -0.15) is 0 Å². The number of carbonyl (C=O) groups is 1. The van der Waals surface area contributed by atoms with Crippen LogP contribution in [-0.4, -0.2) is 18.2 Å². The molecule has 0 aromatic heterocycles. The second-order valence-corrected chi connectivity index (χ2v) is 7.47. The molecule has 0 saturated heterocycles. The summed E-state index contributed by atoms with van der Waals surface area (Å²) in [6.07, 6.45) is 24.0. The van der Waals surface area contributed by atoms with E-state index in [1.54, 1.807) is 0 Å². The predicted molar refractivity (Wildman–Crippen MR) is 107 cm³/mol. The van der Waals surface area contributed by atoms with Gasteiger partial charge in [0.1, 0.15) is 6.10 Å². The van der Waals surface area contributed by atoms with E-state index in [0.717, 1.165) is 63.5 Å². The van der Waals surface area contributed by atoms with E-state index in [1.165, 1.54) is 12.8 Å². The van der Waals surface area contributed by atoms with Crippen LogP contribution >= 0.6 is 0 Å². The van der Waals surface area contributed by atoms with Crippen LogP contribution in [0.1, 0.15) is 90.4 Å². The Kier molecular flexibility index (Phi) is 10.2. The molecule has 0 aromatic rings. The topological polar surface area (TPSA) is 35.5 Å². The highest BCUT2D eigenvalue weighted by molar-refractivity contribution is 5.69. The van der Waals surface area contributed by atoms with Crippen LogP contribution < -0.4 is 0 Å². The maximum absolute atomic E-state index is 12.1. The highest BCUT2D eigenvalue weighted by atomic mass is 16.5. The number of rotatable bonds is 3. The Hall–Kier alpha value is -1.51. The molecule has 2 aliphatic rings. The molecule has 2 unspecified atom stereocenters. The molecule has 0 radical (unpaired) electrons. The summed E-state index contributed by atoms with van der Waals surface area (Å²) in [6, 6.07) is 0. The van der Waals surface area contributed by atoms with E-state index >= 15 is 0 Å². The highest BCUT2D eigenvalue weighted by Gasteiger charge is 2.15. The quantitative estimate of drug-likeness (QED) is 0.546. The van der Waals surface area contributed by atoms with Gasteiger partial charge in [-0.15, -0.1) is 0 Å². The molecule has 3 nitrogen and oxygen atoms in total. The summed E-state index contributed by atoms with van der Waals surface area (Å²) in [6.45, 7) is 2.24. The lowest BCUT2D eigenvalue weighted by molar-refractivity contribution is -0.146. The number of fused-ring (bicyclic) bond motifs is 2. The molecule has 0 fully saturated rings. The monoisotopic (exact) mass is 360 g/mol. The summed E-state index contributed by atoms with van der Waals surface area (Å²) in [4.78, 5) is 12.1. The van der Waals surface area contributed by atoms with Crippen molar-refractivity contribution >= 4 is 5.97 Å². The zero-order chi connectivity index (χ0) is 18.5. The van der Waals surface area contributed by atoms with Gasteiger partial charge in [-0.05, 0) is 50.7 Å². The predicted octanol–water partition coefficient (Wildman–Crippen LogP) is 6.40. The second kappa shape index (κ2) is 12.8. The molecule has 0 spiro atoms. The SMILES string of the molecule is CCCCC1CCCC=CC=CC2CC=C(CCCCCCC(=O)O2)O1. The first-order chi connectivity index (χ1) is 12.8. The van der Waals surface area contributed by atoms with Gasteiger partial charge in [0, 0.05) is 19.3 Å². The Morgan fingerprint density at radius 2 is 1.88 bits per heavy atom. The Bertz CT molecular complexity index is 490. The van der Waals surface area contributed by atoms with Gasteiger partial charge >= 0.3 is 5.97 Å². The summed E-state index contributed by atoms with van der Waals surface area (Å²) in [5, 5.41) is 0. The lowest BCUT2D eigenvalue weighted by atomic mass is 10.0.